The number of nitrogens with zero attached hydrogens (tertiary/aromatic N) is 4. The van der Waals surface area contributed by atoms with Gasteiger partial charge in [0.05, 0.1) is 24.5 Å². The van der Waals surface area contributed by atoms with Crippen molar-refractivity contribution >= 4 is 17.3 Å². The molecule has 4 heterocycles. The maximum atomic E-state index is 6.26. The summed E-state index contributed by atoms with van der Waals surface area (Å²) in [6.07, 6.45) is 0.908. The van der Waals surface area contributed by atoms with Crippen LogP contribution in [0.15, 0.2) is 47.8 Å². The molecule has 6 nitrogen and oxygen atoms in total. The zero-order valence-corrected chi connectivity index (χ0v) is 17.1. The minimum atomic E-state index is 0.679. The van der Waals surface area contributed by atoms with Crippen molar-refractivity contribution in [2.75, 3.05) is 37.7 Å². The van der Waals surface area contributed by atoms with Crippen LogP contribution < -0.4 is 9.64 Å². The van der Waals surface area contributed by atoms with Crippen LogP contribution in [0.4, 0.5) is 5.95 Å². The molecule has 0 N–H and O–H groups in total. The molecule has 2 aromatic heterocycles. The summed E-state index contributed by atoms with van der Waals surface area (Å²) in [5.74, 6) is 2.24. The van der Waals surface area contributed by atoms with E-state index >= 15 is 0 Å². The van der Waals surface area contributed by atoms with Gasteiger partial charge >= 0.3 is 0 Å². The van der Waals surface area contributed by atoms with Gasteiger partial charge in [0, 0.05) is 44.0 Å². The molecule has 0 saturated carbocycles. The second-order valence-corrected chi connectivity index (χ2v) is 8.34. The van der Waals surface area contributed by atoms with Crippen LogP contribution in [0.2, 0.25) is 0 Å². The molecule has 7 heteroatoms. The molecule has 0 aliphatic carbocycles. The van der Waals surface area contributed by atoms with Gasteiger partial charge in [0.2, 0.25) is 11.8 Å². The van der Waals surface area contributed by atoms with E-state index in [1.807, 2.05) is 30.3 Å². The minimum absolute atomic E-state index is 0.679. The molecule has 0 atom stereocenters. The van der Waals surface area contributed by atoms with E-state index in [4.69, 9.17) is 19.4 Å². The van der Waals surface area contributed by atoms with E-state index in [0.29, 0.717) is 19.1 Å². The summed E-state index contributed by atoms with van der Waals surface area (Å²) in [5, 5.41) is 2.13. The zero-order valence-electron chi connectivity index (χ0n) is 16.3. The monoisotopic (exact) mass is 408 g/mol. The molecule has 3 aromatic rings. The first-order valence-corrected chi connectivity index (χ1v) is 10.9. The lowest BCUT2D eigenvalue weighted by Gasteiger charge is -2.31. The molecule has 5 rings (SSSR count). The first-order chi connectivity index (χ1) is 14.3. The average Bonchev–Trinajstić information content (AvgIpc) is 3.28. The lowest BCUT2D eigenvalue weighted by molar-refractivity contribution is 0.122. The summed E-state index contributed by atoms with van der Waals surface area (Å²) in [6.45, 7) is 5.80. The number of thiophene rings is 1. The largest absolute Gasteiger partial charge is 0.439 e. The van der Waals surface area contributed by atoms with Crippen LogP contribution in [-0.2, 0) is 24.2 Å². The molecule has 150 valence electrons. The molecule has 1 aromatic carbocycles. The summed E-state index contributed by atoms with van der Waals surface area (Å²) in [5.41, 5.74) is 2.21. The van der Waals surface area contributed by atoms with Crippen LogP contribution in [0, 0.1) is 0 Å². The predicted octanol–water partition coefficient (Wildman–Crippen LogP) is 3.73. The van der Waals surface area contributed by atoms with Gasteiger partial charge in [0.15, 0.2) is 0 Å². The highest BCUT2D eigenvalue weighted by Gasteiger charge is 2.26. The number of para-hydroxylation sites is 1. The highest BCUT2D eigenvalue weighted by molar-refractivity contribution is 7.09. The Bertz CT molecular complexity index is 943. The Hall–Kier alpha value is -2.48. The first-order valence-electron chi connectivity index (χ1n) is 10.1. The number of hydrogen-bond donors (Lipinski definition) is 0. The van der Waals surface area contributed by atoms with E-state index in [2.05, 4.69) is 27.3 Å². The van der Waals surface area contributed by atoms with Gasteiger partial charge in [0.1, 0.15) is 5.75 Å². The number of ether oxygens (including phenoxy) is 2. The van der Waals surface area contributed by atoms with E-state index in [0.717, 1.165) is 62.1 Å². The zero-order chi connectivity index (χ0) is 19.5. The van der Waals surface area contributed by atoms with Crippen molar-refractivity contribution < 1.29 is 9.47 Å². The van der Waals surface area contributed by atoms with Crippen LogP contribution in [0.3, 0.4) is 0 Å². The van der Waals surface area contributed by atoms with Crippen LogP contribution in [-0.4, -0.2) is 47.7 Å². The number of fused-ring (bicyclic) bond motifs is 1. The Morgan fingerprint density at radius 1 is 1.00 bits per heavy atom. The van der Waals surface area contributed by atoms with Crippen molar-refractivity contribution in [1.82, 2.24) is 14.9 Å². The van der Waals surface area contributed by atoms with Crippen molar-refractivity contribution in [2.24, 2.45) is 0 Å². The van der Waals surface area contributed by atoms with Crippen molar-refractivity contribution in [3.8, 4) is 11.6 Å². The summed E-state index contributed by atoms with van der Waals surface area (Å²) in [7, 11) is 0. The fraction of sp³-hybridized carbons (Fsp3) is 0.364. The smallest absolute Gasteiger partial charge is 0.229 e. The molecule has 0 spiro atoms. The molecule has 0 radical (unpaired) electrons. The highest BCUT2D eigenvalue weighted by atomic mass is 32.1. The highest BCUT2D eigenvalue weighted by Crippen LogP contribution is 2.32. The normalized spacial score (nSPS) is 17.2. The van der Waals surface area contributed by atoms with Gasteiger partial charge in [-0.05, 0) is 23.6 Å². The second kappa shape index (κ2) is 8.49. The number of morpholine rings is 1. The molecule has 0 amide bonds. The second-order valence-electron chi connectivity index (χ2n) is 7.31. The molecule has 2 aliphatic heterocycles. The van der Waals surface area contributed by atoms with Gasteiger partial charge in [-0.25, -0.2) is 4.98 Å². The Morgan fingerprint density at radius 3 is 2.66 bits per heavy atom. The Labute approximate surface area is 174 Å². The van der Waals surface area contributed by atoms with Crippen molar-refractivity contribution in [3.63, 3.8) is 0 Å². The van der Waals surface area contributed by atoms with Gasteiger partial charge in [-0.3, -0.25) is 4.90 Å². The third kappa shape index (κ3) is 4.27. The van der Waals surface area contributed by atoms with Gasteiger partial charge < -0.3 is 14.4 Å². The average molecular weight is 409 g/mol. The van der Waals surface area contributed by atoms with Crippen molar-refractivity contribution in [2.45, 2.75) is 19.5 Å². The number of aromatic nitrogens is 2. The van der Waals surface area contributed by atoms with E-state index in [1.54, 1.807) is 11.3 Å². The molecular weight excluding hydrogens is 384 g/mol. The van der Waals surface area contributed by atoms with Gasteiger partial charge in [-0.15, -0.1) is 11.3 Å². The summed E-state index contributed by atoms with van der Waals surface area (Å²) < 4.78 is 11.7. The maximum absolute atomic E-state index is 6.26. The first kappa shape index (κ1) is 18.5. The molecule has 1 fully saturated rings. The molecule has 0 bridgehead atoms. The molecule has 29 heavy (non-hydrogen) atoms. The van der Waals surface area contributed by atoms with Crippen LogP contribution in [0.5, 0.6) is 11.6 Å². The third-order valence-electron chi connectivity index (χ3n) is 5.30. The fourth-order valence-electron chi connectivity index (χ4n) is 3.77. The number of anilines is 1. The minimum Gasteiger partial charge on any atom is -0.439 e. The van der Waals surface area contributed by atoms with Crippen molar-refractivity contribution in [3.05, 3.63) is 64.0 Å². The lowest BCUT2D eigenvalue weighted by Crippen LogP contribution is -2.38. The number of benzene rings is 1. The Morgan fingerprint density at radius 2 is 1.86 bits per heavy atom. The van der Waals surface area contributed by atoms with E-state index in [9.17, 15) is 0 Å². The SMILES string of the molecule is c1ccc(Oc2nc(N3CCOCC3)nc3c2CN(Cc2cccs2)CC3)cc1. The molecular formula is C22H24N4O2S. The molecule has 1 saturated heterocycles. The van der Waals surface area contributed by atoms with E-state index < -0.39 is 0 Å². The molecule has 2 aliphatic rings. The van der Waals surface area contributed by atoms with Crippen LogP contribution in [0.25, 0.3) is 0 Å². The summed E-state index contributed by atoms with van der Waals surface area (Å²) in [4.78, 5) is 15.8. The van der Waals surface area contributed by atoms with Crippen LogP contribution in [0.1, 0.15) is 16.1 Å². The predicted molar refractivity (Wildman–Crippen MR) is 114 cm³/mol. The molecule has 0 unspecified atom stereocenters. The van der Waals surface area contributed by atoms with Gasteiger partial charge in [-0.2, -0.15) is 4.98 Å². The third-order valence-corrected chi connectivity index (χ3v) is 6.16. The van der Waals surface area contributed by atoms with Gasteiger partial charge in [0.25, 0.3) is 0 Å². The van der Waals surface area contributed by atoms with E-state index in [-0.39, 0.29) is 0 Å². The quantitative estimate of drug-likeness (QED) is 0.641. The van der Waals surface area contributed by atoms with Crippen LogP contribution >= 0.6 is 11.3 Å². The lowest BCUT2D eigenvalue weighted by atomic mass is 10.1. The van der Waals surface area contributed by atoms with Crippen molar-refractivity contribution in [1.29, 1.82) is 0 Å². The summed E-state index contributed by atoms with van der Waals surface area (Å²) >= 11 is 1.80. The van der Waals surface area contributed by atoms with Gasteiger partial charge in [-0.1, -0.05) is 24.3 Å². The number of rotatable bonds is 5. The Balaban J connectivity index is 1.46. The maximum Gasteiger partial charge on any atom is 0.229 e. The topological polar surface area (TPSA) is 50.7 Å². The fourth-order valence-corrected chi connectivity index (χ4v) is 4.52. The van der Waals surface area contributed by atoms with E-state index in [1.165, 1.54) is 4.88 Å². The number of hydrogen-bond acceptors (Lipinski definition) is 7. The summed E-state index contributed by atoms with van der Waals surface area (Å²) in [6, 6.07) is 14.2. The standard InChI is InChI=1S/C22H24N4O2S/c1-2-5-17(6-3-1)28-21-19-16-25(15-18-7-4-14-29-18)9-8-20(19)23-22(24-21)26-10-12-27-13-11-26/h1-7,14H,8-13,15-16H2. The Kier molecular flexibility index (Phi) is 5.43.